The van der Waals surface area contributed by atoms with Crippen LogP contribution < -0.4 is 15.8 Å². The summed E-state index contributed by atoms with van der Waals surface area (Å²) < 4.78 is 11.5. The molecule has 3 rings (SSSR count). The molecule has 1 aromatic rings. The third-order valence-electron chi connectivity index (χ3n) is 5.14. The molecule has 0 spiro atoms. The molecule has 168 valence electrons. The molecule has 2 unspecified atom stereocenters. The Bertz CT molecular complexity index is 794. The van der Waals surface area contributed by atoms with Gasteiger partial charge in [-0.25, -0.2) is 10.4 Å². The summed E-state index contributed by atoms with van der Waals surface area (Å²) in [6.07, 6.45) is 1.40. The molecule has 31 heavy (non-hydrogen) atoms. The number of hydrogen-bond donors (Lipinski definition) is 2. The summed E-state index contributed by atoms with van der Waals surface area (Å²) in [6.45, 7) is 5.72. The minimum atomic E-state index is -0.407. The molecule has 10 nitrogen and oxygen atoms in total. The Kier molecular flexibility index (Phi) is 8.60. The topological polar surface area (TPSA) is 120 Å². The van der Waals surface area contributed by atoms with Crippen molar-refractivity contribution >= 4 is 33.6 Å². The number of piperazine rings is 1. The van der Waals surface area contributed by atoms with Crippen molar-refractivity contribution in [3.63, 3.8) is 0 Å². The summed E-state index contributed by atoms with van der Waals surface area (Å²) >= 11 is 3.33. The molecule has 0 radical (unpaired) electrons. The van der Waals surface area contributed by atoms with Crippen LogP contribution in [0.2, 0.25) is 0 Å². The SMILES string of the molecule is C[C@@H](COCCC(=O)N1CCN(c2ccc(C#N)cn2)CC1)OC1CNNC(=O)C1Br. The van der Waals surface area contributed by atoms with Gasteiger partial charge in [-0.05, 0) is 19.1 Å². The van der Waals surface area contributed by atoms with Crippen LogP contribution in [0.25, 0.3) is 0 Å². The van der Waals surface area contributed by atoms with Crippen LogP contribution in [0.1, 0.15) is 18.9 Å². The summed E-state index contributed by atoms with van der Waals surface area (Å²) in [6, 6.07) is 5.64. The van der Waals surface area contributed by atoms with Crippen molar-refractivity contribution in [2.45, 2.75) is 30.4 Å². The standard InChI is InChI=1S/C20H27BrN6O4/c1-14(31-16-12-24-25-20(29)19(16)21)13-30-9-4-18(28)27-7-5-26(6-8-27)17-3-2-15(10-22)11-23-17/h2-3,11,14,16,19,24H,4-9,12-13H2,1H3,(H,25,29)/t14-,16?,19?/m0/s1. The smallest absolute Gasteiger partial charge is 0.250 e. The van der Waals surface area contributed by atoms with Crippen LogP contribution in [-0.4, -0.2) is 84.7 Å². The highest BCUT2D eigenvalue weighted by Gasteiger charge is 2.31. The maximum atomic E-state index is 12.5. The molecule has 1 aromatic heterocycles. The van der Waals surface area contributed by atoms with Gasteiger partial charge in [-0.15, -0.1) is 0 Å². The number of amides is 2. The molecule has 2 aliphatic heterocycles. The van der Waals surface area contributed by atoms with Crippen LogP contribution in [0, 0.1) is 11.3 Å². The highest BCUT2D eigenvalue weighted by Crippen LogP contribution is 2.15. The number of carbonyl (C=O) groups excluding carboxylic acids is 2. The molecule has 3 atom stereocenters. The first-order valence-corrected chi connectivity index (χ1v) is 11.2. The van der Waals surface area contributed by atoms with Crippen molar-refractivity contribution in [1.82, 2.24) is 20.7 Å². The number of nitrogens with zero attached hydrogens (tertiary/aromatic N) is 4. The maximum Gasteiger partial charge on any atom is 0.250 e. The van der Waals surface area contributed by atoms with Crippen molar-refractivity contribution < 1.29 is 19.1 Å². The number of hydrogen-bond acceptors (Lipinski definition) is 8. The molecule has 2 fully saturated rings. The van der Waals surface area contributed by atoms with Gasteiger partial charge in [-0.1, -0.05) is 15.9 Å². The zero-order valence-electron chi connectivity index (χ0n) is 17.4. The first kappa shape index (κ1) is 23.4. The summed E-state index contributed by atoms with van der Waals surface area (Å²) in [5, 5.41) is 8.86. The number of nitrogens with one attached hydrogen (secondary N) is 2. The van der Waals surface area contributed by atoms with E-state index in [4.69, 9.17) is 14.7 Å². The third-order valence-corrected chi connectivity index (χ3v) is 6.15. The van der Waals surface area contributed by atoms with E-state index in [2.05, 4.69) is 42.7 Å². The fraction of sp³-hybridized carbons (Fsp3) is 0.600. The molecule has 0 aromatic carbocycles. The van der Waals surface area contributed by atoms with E-state index in [9.17, 15) is 9.59 Å². The largest absolute Gasteiger partial charge is 0.378 e. The lowest BCUT2D eigenvalue weighted by molar-refractivity contribution is -0.134. The quantitative estimate of drug-likeness (QED) is 0.387. The fourth-order valence-electron chi connectivity index (χ4n) is 3.43. The Morgan fingerprint density at radius 1 is 1.39 bits per heavy atom. The molecule has 2 aliphatic rings. The molecule has 3 heterocycles. The zero-order valence-corrected chi connectivity index (χ0v) is 19.0. The van der Waals surface area contributed by atoms with E-state index >= 15 is 0 Å². The Morgan fingerprint density at radius 3 is 2.84 bits per heavy atom. The second kappa shape index (κ2) is 11.4. The van der Waals surface area contributed by atoms with Crippen LogP contribution in [0.5, 0.6) is 0 Å². The van der Waals surface area contributed by atoms with Crippen molar-refractivity contribution in [3.8, 4) is 6.07 Å². The van der Waals surface area contributed by atoms with Gasteiger partial charge in [-0.3, -0.25) is 15.0 Å². The van der Waals surface area contributed by atoms with Crippen LogP contribution in [0.15, 0.2) is 18.3 Å². The van der Waals surface area contributed by atoms with E-state index in [1.807, 2.05) is 17.9 Å². The number of nitriles is 1. The maximum absolute atomic E-state index is 12.5. The van der Waals surface area contributed by atoms with Gasteiger partial charge < -0.3 is 19.3 Å². The Hall–Kier alpha value is -2.26. The summed E-state index contributed by atoms with van der Waals surface area (Å²) in [4.78, 5) is 31.9. The number of rotatable bonds is 8. The average molecular weight is 495 g/mol. The molecule has 2 saturated heterocycles. The van der Waals surface area contributed by atoms with E-state index in [1.54, 1.807) is 12.3 Å². The van der Waals surface area contributed by atoms with Gasteiger partial charge in [0.1, 0.15) is 16.7 Å². The molecule has 0 bridgehead atoms. The van der Waals surface area contributed by atoms with E-state index in [0.29, 0.717) is 57.9 Å². The highest BCUT2D eigenvalue weighted by molar-refractivity contribution is 9.10. The summed E-state index contributed by atoms with van der Waals surface area (Å²) in [5.74, 6) is 0.722. The first-order valence-electron chi connectivity index (χ1n) is 10.3. The lowest BCUT2D eigenvalue weighted by atomic mass is 10.2. The predicted octanol–water partition coefficient (Wildman–Crippen LogP) is 0.180. The molecular weight excluding hydrogens is 468 g/mol. The minimum Gasteiger partial charge on any atom is -0.378 e. The molecule has 11 heteroatoms. The van der Waals surface area contributed by atoms with Crippen molar-refractivity contribution in [3.05, 3.63) is 23.9 Å². The Labute approximate surface area is 190 Å². The lowest BCUT2D eigenvalue weighted by Crippen LogP contribution is -2.57. The van der Waals surface area contributed by atoms with Gasteiger partial charge in [-0.2, -0.15) is 5.26 Å². The molecule has 2 N–H and O–H groups in total. The summed E-state index contributed by atoms with van der Waals surface area (Å²) in [7, 11) is 0. The van der Waals surface area contributed by atoms with Crippen molar-refractivity contribution in [2.75, 3.05) is 50.8 Å². The predicted molar refractivity (Wildman–Crippen MR) is 116 cm³/mol. The number of ether oxygens (including phenoxy) is 2. The second-order valence-corrected chi connectivity index (χ2v) is 8.45. The van der Waals surface area contributed by atoms with E-state index in [1.165, 1.54) is 0 Å². The van der Waals surface area contributed by atoms with Gasteiger partial charge in [0.15, 0.2) is 0 Å². The third kappa shape index (κ3) is 6.61. The van der Waals surface area contributed by atoms with E-state index < -0.39 is 4.83 Å². The lowest BCUT2D eigenvalue weighted by Gasteiger charge is -2.35. The van der Waals surface area contributed by atoms with Crippen molar-refractivity contribution in [2.24, 2.45) is 0 Å². The Morgan fingerprint density at radius 2 is 2.16 bits per heavy atom. The van der Waals surface area contributed by atoms with Gasteiger partial charge >= 0.3 is 0 Å². The normalized spacial score (nSPS) is 22.5. The van der Waals surface area contributed by atoms with Gasteiger partial charge in [0, 0.05) is 38.9 Å². The van der Waals surface area contributed by atoms with E-state index in [0.717, 1.165) is 5.82 Å². The minimum absolute atomic E-state index is 0.0645. The van der Waals surface area contributed by atoms with Crippen LogP contribution in [-0.2, 0) is 19.1 Å². The highest BCUT2D eigenvalue weighted by atomic mass is 79.9. The van der Waals surface area contributed by atoms with E-state index in [-0.39, 0.29) is 24.0 Å². The van der Waals surface area contributed by atoms with Gasteiger partial charge in [0.2, 0.25) is 5.91 Å². The number of pyridine rings is 1. The number of anilines is 1. The summed E-state index contributed by atoms with van der Waals surface area (Å²) in [5.41, 5.74) is 5.86. The van der Waals surface area contributed by atoms with Crippen molar-refractivity contribution in [1.29, 1.82) is 5.26 Å². The number of alkyl halides is 1. The number of halogens is 1. The van der Waals surface area contributed by atoms with Gasteiger partial charge in [0.05, 0.1) is 37.4 Å². The first-order chi connectivity index (χ1) is 15.0. The van der Waals surface area contributed by atoms with Crippen LogP contribution >= 0.6 is 15.9 Å². The molecule has 0 aliphatic carbocycles. The number of hydrazine groups is 1. The molecule has 0 saturated carbocycles. The van der Waals surface area contributed by atoms with Gasteiger partial charge in [0.25, 0.3) is 5.91 Å². The number of aromatic nitrogens is 1. The van der Waals surface area contributed by atoms with Crippen LogP contribution in [0.3, 0.4) is 0 Å². The monoisotopic (exact) mass is 494 g/mol. The molecule has 2 amide bonds. The second-order valence-electron chi connectivity index (χ2n) is 7.47. The van der Waals surface area contributed by atoms with Crippen LogP contribution in [0.4, 0.5) is 5.82 Å². The molecular formula is C20H27BrN6O4. The zero-order chi connectivity index (χ0) is 22.2. The fourth-order valence-corrected chi connectivity index (χ4v) is 3.85. The average Bonchev–Trinajstić information content (AvgIpc) is 2.80. The number of carbonyl (C=O) groups is 2. The Balaban J connectivity index is 1.31.